The third-order valence-electron chi connectivity index (χ3n) is 6.67. The molecule has 0 saturated heterocycles. The maximum Gasteiger partial charge on any atom is 0.275 e. The average Bonchev–Trinajstić information content (AvgIpc) is 3.76. The Hall–Kier alpha value is -6.18. The first kappa shape index (κ1) is 34.7. The second-order valence-electron chi connectivity index (χ2n) is 10.3. The fraction of sp³-hybridized carbons (Fsp3) is 0.214. The van der Waals surface area contributed by atoms with E-state index >= 15 is 0 Å². The molecule has 48 heavy (non-hydrogen) atoms. The standard InChI is InChI=1S/C28H33BrN14O5/c1-14(29)23(44)36-21-11-20(43(5)38-21)27(48)37-22-10-19(42(4)39-22)26(47)35-16-9-18(41(3)13-16)25(46)34-15-8-17(40(2)12-15)24(45)32-6-7-33-28(30)31/h8-13H,1,6-7H2,2-5H3,(H,32,45)(H,34,46)(H,35,47)(H4,30,31,33)(H,36,38,44)(H,37,39,48). The fourth-order valence-electron chi connectivity index (χ4n) is 4.42. The average molecular weight is 726 g/mol. The molecule has 19 nitrogen and oxygen atoms in total. The number of amides is 5. The summed E-state index contributed by atoms with van der Waals surface area (Å²) < 4.78 is 5.72. The van der Waals surface area contributed by atoms with E-state index in [4.69, 9.17) is 11.1 Å². The number of nitrogens with zero attached hydrogens (tertiary/aromatic N) is 6. The summed E-state index contributed by atoms with van der Waals surface area (Å²) in [6, 6.07) is 5.74. The predicted molar refractivity (Wildman–Crippen MR) is 180 cm³/mol. The van der Waals surface area contributed by atoms with E-state index in [-0.39, 0.29) is 58.2 Å². The minimum absolute atomic E-state index is 0.0880. The van der Waals surface area contributed by atoms with E-state index in [2.05, 4.69) is 64.6 Å². The van der Waals surface area contributed by atoms with Crippen molar-refractivity contribution < 1.29 is 24.0 Å². The van der Waals surface area contributed by atoms with E-state index in [9.17, 15) is 24.0 Å². The van der Waals surface area contributed by atoms with Crippen molar-refractivity contribution in [2.75, 3.05) is 34.4 Å². The van der Waals surface area contributed by atoms with Gasteiger partial charge in [0.25, 0.3) is 29.5 Å². The van der Waals surface area contributed by atoms with E-state index in [1.54, 1.807) is 31.1 Å². The number of aryl methyl sites for hydroxylation is 4. The van der Waals surface area contributed by atoms with Crippen molar-refractivity contribution in [3.63, 3.8) is 0 Å². The zero-order chi connectivity index (χ0) is 35.3. The van der Waals surface area contributed by atoms with Crippen molar-refractivity contribution in [2.45, 2.75) is 0 Å². The topological polar surface area (TPSA) is 253 Å². The molecule has 0 aromatic carbocycles. The molecule has 0 aliphatic rings. The molecule has 0 bridgehead atoms. The Morgan fingerprint density at radius 2 is 1.15 bits per heavy atom. The van der Waals surface area contributed by atoms with Crippen LogP contribution in [0.2, 0.25) is 0 Å². The van der Waals surface area contributed by atoms with Gasteiger partial charge in [-0.3, -0.25) is 38.7 Å². The Balaban J connectivity index is 1.37. The maximum atomic E-state index is 13.1. The van der Waals surface area contributed by atoms with Gasteiger partial charge in [0.15, 0.2) is 17.6 Å². The Morgan fingerprint density at radius 1 is 0.708 bits per heavy atom. The number of carbonyl (C=O) groups excluding carboxylic acids is 5. The summed E-state index contributed by atoms with van der Waals surface area (Å²) in [5, 5.41) is 31.2. The quantitative estimate of drug-likeness (QED) is 0.0441. The number of nitrogens with one attached hydrogen (secondary N) is 7. The molecule has 4 aromatic rings. The number of anilines is 4. The molecule has 252 valence electrons. The van der Waals surface area contributed by atoms with Crippen LogP contribution in [0.5, 0.6) is 0 Å². The number of aromatic nitrogens is 6. The number of hydrogen-bond acceptors (Lipinski definition) is 8. The van der Waals surface area contributed by atoms with Crippen LogP contribution in [0.15, 0.2) is 47.7 Å². The van der Waals surface area contributed by atoms with Crippen LogP contribution in [0.1, 0.15) is 42.0 Å². The van der Waals surface area contributed by atoms with Crippen molar-refractivity contribution in [2.24, 2.45) is 33.9 Å². The molecule has 0 radical (unpaired) electrons. The molecular weight excluding hydrogens is 692 g/mol. The fourth-order valence-corrected chi connectivity index (χ4v) is 4.52. The molecule has 5 amide bonds. The van der Waals surface area contributed by atoms with Crippen molar-refractivity contribution in [1.82, 2.24) is 39.3 Å². The Kier molecular flexibility index (Phi) is 10.5. The largest absolute Gasteiger partial charge is 0.370 e. The lowest BCUT2D eigenvalue weighted by Crippen LogP contribution is -2.38. The minimum Gasteiger partial charge on any atom is -0.370 e. The van der Waals surface area contributed by atoms with Gasteiger partial charge in [0.1, 0.15) is 22.8 Å². The summed E-state index contributed by atoms with van der Waals surface area (Å²) >= 11 is 2.97. The van der Waals surface area contributed by atoms with Crippen molar-refractivity contribution in [1.29, 1.82) is 5.41 Å². The van der Waals surface area contributed by atoms with Crippen LogP contribution >= 0.6 is 15.9 Å². The van der Waals surface area contributed by atoms with E-state index in [1.165, 1.54) is 52.3 Å². The number of carbonyl (C=O) groups is 5. The second kappa shape index (κ2) is 14.5. The van der Waals surface area contributed by atoms with E-state index < -0.39 is 23.6 Å². The first-order chi connectivity index (χ1) is 22.6. The smallest absolute Gasteiger partial charge is 0.275 e. The van der Waals surface area contributed by atoms with Gasteiger partial charge in [-0.2, -0.15) is 10.2 Å². The zero-order valence-corrected chi connectivity index (χ0v) is 27.9. The van der Waals surface area contributed by atoms with Crippen LogP contribution in [-0.2, 0) is 33.0 Å². The second-order valence-corrected chi connectivity index (χ2v) is 11.3. The lowest BCUT2D eigenvalue weighted by atomic mass is 10.3. The van der Waals surface area contributed by atoms with Crippen LogP contribution < -0.4 is 37.6 Å². The molecule has 0 fully saturated rings. The zero-order valence-electron chi connectivity index (χ0n) is 26.3. The van der Waals surface area contributed by atoms with Crippen molar-refractivity contribution >= 4 is 74.4 Å². The van der Waals surface area contributed by atoms with Crippen molar-refractivity contribution in [3.05, 3.63) is 70.5 Å². The summed E-state index contributed by atoms with van der Waals surface area (Å²) in [6.07, 6.45) is 3.13. The van der Waals surface area contributed by atoms with Crippen LogP contribution in [0.3, 0.4) is 0 Å². The summed E-state index contributed by atoms with van der Waals surface area (Å²) in [7, 11) is 6.34. The van der Waals surface area contributed by atoms with Gasteiger partial charge in [0, 0.05) is 65.8 Å². The number of halogens is 1. The molecule has 9 N–H and O–H groups in total. The first-order valence-corrected chi connectivity index (χ1v) is 14.8. The molecule has 20 heteroatoms. The van der Waals surface area contributed by atoms with E-state index in [1.807, 2.05) is 0 Å². The first-order valence-electron chi connectivity index (χ1n) is 14.0. The molecule has 4 heterocycles. The molecule has 0 atom stereocenters. The summed E-state index contributed by atoms with van der Waals surface area (Å²) in [5.41, 5.74) is 6.68. The van der Waals surface area contributed by atoms with Gasteiger partial charge in [-0.1, -0.05) is 6.58 Å². The van der Waals surface area contributed by atoms with Gasteiger partial charge >= 0.3 is 0 Å². The molecule has 4 aromatic heterocycles. The van der Waals surface area contributed by atoms with Gasteiger partial charge < -0.3 is 46.8 Å². The molecule has 0 saturated carbocycles. The molecule has 0 aliphatic carbocycles. The monoisotopic (exact) mass is 724 g/mol. The van der Waals surface area contributed by atoms with E-state index in [0.29, 0.717) is 17.1 Å². The van der Waals surface area contributed by atoms with Gasteiger partial charge in [-0.15, -0.1) is 0 Å². The highest BCUT2D eigenvalue weighted by Crippen LogP contribution is 2.19. The van der Waals surface area contributed by atoms with Crippen LogP contribution in [-0.4, -0.2) is 77.3 Å². The lowest BCUT2D eigenvalue weighted by Gasteiger charge is -2.06. The SMILES string of the molecule is C=C(Br)C(=O)Nc1cc(C(=O)Nc2cc(C(=O)Nc3cc(C(=O)Nc4cc(C(=O)NCCNC(=N)N)n(C)c4)n(C)c3)n(C)n2)n(C)n1. The van der Waals surface area contributed by atoms with Crippen LogP contribution in [0.4, 0.5) is 23.0 Å². The van der Waals surface area contributed by atoms with Crippen LogP contribution in [0, 0.1) is 5.41 Å². The molecule has 0 aliphatic heterocycles. The van der Waals surface area contributed by atoms with E-state index in [0.717, 1.165) is 0 Å². The van der Waals surface area contributed by atoms with Gasteiger partial charge in [0.05, 0.1) is 15.9 Å². The number of guanidine groups is 1. The molecular formula is C28H33BrN14O5. The summed E-state index contributed by atoms with van der Waals surface area (Å²) in [6.45, 7) is 4.00. The molecule has 0 unspecified atom stereocenters. The molecule has 0 spiro atoms. The maximum absolute atomic E-state index is 13.1. The summed E-state index contributed by atoms with van der Waals surface area (Å²) in [5.74, 6) is -2.49. The highest BCUT2D eigenvalue weighted by atomic mass is 79.9. The highest BCUT2D eigenvalue weighted by Gasteiger charge is 2.21. The number of hydrogen-bond donors (Lipinski definition) is 8. The Bertz CT molecular complexity index is 1950. The van der Waals surface area contributed by atoms with Gasteiger partial charge in [-0.05, 0) is 28.1 Å². The lowest BCUT2D eigenvalue weighted by molar-refractivity contribution is -0.112. The Labute approximate surface area is 281 Å². The van der Waals surface area contributed by atoms with Crippen molar-refractivity contribution in [3.8, 4) is 0 Å². The third kappa shape index (κ3) is 8.34. The van der Waals surface area contributed by atoms with Gasteiger partial charge in [-0.25, -0.2) is 0 Å². The normalized spacial score (nSPS) is 10.6. The van der Waals surface area contributed by atoms with Crippen LogP contribution in [0.25, 0.3) is 0 Å². The molecule has 4 rings (SSSR count). The van der Waals surface area contributed by atoms with Gasteiger partial charge in [0.2, 0.25) is 0 Å². The predicted octanol–water partition coefficient (Wildman–Crippen LogP) is 0.647. The number of nitrogens with two attached hydrogens (primary N) is 1. The summed E-state index contributed by atoms with van der Waals surface area (Å²) in [4.78, 5) is 63.4. The number of rotatable bonds is 12. The Morgan fingerprint density at radius 3 is 1.65 bits per heavy atom. The third-order valence-corrected chi connectivity index (χ3v) is 7.03. The highest BCUT2D eigenvalue weighted by molar-refractivity contribution is 9.12. The minimum atomic E-state index is -0.583.